The molecule has 28 heavy (non-hydrogen) atoms. The van der Waals surface area contributed by atoms with Crippen LogP contribution in [0.5, 0.6) is 5.75 Å². The van der Waals surface area contributed by atoms with E-state index in [1.165, 1.54) is 11.3 Å². The maximum Gasteiger partial charge on any atom is 0.231 e. The van der Waals surface area contributed by atoms with Crippen molar-refractivity contribution in [2.75, 3.05) is 36.6 Å². The Morgan fingerprint density at radius 2 is 2.04 bits per heavy atom. The van der Waals surface area contributed by atoms with E-state index in [-0.39, 0.29) is 18.2 Å². The van der Waals surface area contributed by atoms with Gasteiger partial charge in [0.25, 0.3) is 0 Å². The maximum absolute atomic E-state index is 12.6. The van der Waals surface area contributed by atoms with E-state index in [4.69, 9.17) is 9.47 Å². The molecule has 2 heterocycles. The summed E-state index contributed by atoms with van der Waals surface area (Å²) in [5, 5.41) is 12.1. The summed E-state index contributed by atoms with van der Waals surface area (Å²) in [4.78, 5) is 26.6. The number of rotatable bonds is 9. The monoisotopic (exact) mass is 404 g/mol. The summed E-state index contributed by atoms with van der Waals surface area (Å²) >= 11 is 1.33. The highest BCUT2D eigenvalue weighted by Crippen LogP contribution is 2.28. The standard InChI is InChI=1S/C19H24N4O4S/c1-3-26-10-9-16-21-22-19(28-16)20-18(25)13-11-17(24)23(12-13)14-5-7-15(8-6-14)27-4-2/h5-8,13H,3-4,9-12H2,1-2H3,(H,20,22,25)/t13-/m1/s1. The second-order valence-electron chi connectivity index (χ2n) is 6.27. The summed E-state index contributed by atoms with van der Waals surface area (Å²) in [5.41, 5.74) is 0.762. The highest BCUT2D eigenvalue weighted by molar-refractivity contribution is 7.15. The fourth-order valence-corrected chi connectivity index (χ4v) is 3.66. The molecule has 150 valence electrons. The van der Waals surface area contributed by atoms with Gasteiger partial charge in [0.05, 0.1) is 19.1 Å². The van der Waals surface area contributed by atoms with Gasteiger partial charge in [-0.25, -0.2) is 0 Å². The number of amides is 2. The van der Waals surface area contributed by atoms with Gasteiger partial charge in [-0.2, -0.15) is 0 Å². The number of ether oxygens (including phenoxy) is 2. The average molecular weight is 404 g/mol. The van der Waals surface area contributed by atoms with Gasteiger partial charge in [0.2, 0.25) is 16.9 Å². The predicted octanol–water partition coefficient (Wildman–Crippen LogP) is 2.51. The third-order valence-electron chi connectivity index (χ3n) is 4.32. The fourth-order valence-electron chi connectivity index (χ4n) is 2.94. The molecule has 1 N–H and O–H groups in total. The van der Waals surface area contributed by atoms with E-state index in [0.717, 1.165) is 16.4 Å². The number of nitrogens with zero attached hydrogens (tertiary/aromatic N) is 3. The highest BCUT2D eigenvalue weighted by atomic mass is 32.1. The van der Waals surface area contributed by atoms with Crippen LogP contribution in [0.2, 0.25) is 0 Å². The van der Waals surface area contributed by atoms with Crippen LogP contribution >= 0.6 is 11.3 Å². The van der Waals surface area contributed by atoms with Gasteiger partial charge < -0.3 is 19.7 Å². The van der Waals surface area contributed by atoms with Crippen LogP contribution in [0.25, 0.3) is 0 Å². The SMILES string of the molecule is CCOCCc1nnc(NC(=O)[C@@H]2CC(=O)N(c3ccc(OCC)cc3)C2)s1. The van der Waals surface area contributed by atoms with Crippen molar-refractivity contribution in [1.29, 1.82) is 0 Å². The normalized spacial score (nSPS) is 16.4. The lowest BCUT2D eigenvalue weighted by Crippen LogP contribution is -2.28. The molecule has 2 aromatic rings. The van der Waals surface area contributed by atoms with Crippen LogP contribution in [0.3, 0.4) is 0 Å². The molecule has 1 fully saturated rings. The zero-order valence-corrected chi connectivity index (χ0v) is 16.8. The van der Waals surface area contributed by atoms with Crippen molar-refractivity contribution in [3.8, 4) is 5.75 Å². The van der Waals surface area contributed by atoms with Gasteiger partial charge >= 0.3 is 0 Å². The molecule has 3 rings (SSSR count). The second-order valence-corrected chi connectivity index (χ2v) is 7.33. The fraction of sp³-hybridized carbons (Fsp3) is 0.474. The largest absolute Gasteiger partial charge is 0.494 e. The van der Waals surface area contributed by atoms with Gasteiger partial charge in [0, 0.05) is 31.7 Å². The summed E-state index contributed by atoms with van der Waals surface area (Å²) in [6, 6.07) is 7.31. The number of carbonyl (C=O) groups excluding carboxylic acids is 2. The molecular weight excluding hydrogens is 380 g/mol. The van der Waals surface area contributed by atoms with Crippen molar-refractivity contribution in [2.24, 2.45) is 5.92 Å². The number of nitrogens with one attached hydrogen (secondary N) is 1. The molecule has 0 aliphatic carbocycles. The van der Waals surface area contributed by atoms with Crippen LogP contribution < -0.4 is 15.0 Å². The van der Waals surface area contributed by atoms with E-state index in [0.29, 0.717) is 37.9 Å². The molecule has 0 spiro atoms. The first-order chi connectivity index (χ1) is 13.6. The Hall–Kier alpha value is -2.52. The number of hydrogen-bond donors (Lipinski definition) is 1. The molecule has 1 aromatic carbocycles. The molecule has 9 heteroatoms. The lowest BCUT2D eigenvalue weighted by atomic mass is 10.1. The zero-order valence-electron chi connectivity index (χ0n) is 16.0. The van der Waals surface area contributed by atoms with Crippen LogP contribution in [-0.4, -0.2) is 48.4 Å². The first-order valence-electron chi connectivity index (χ1n) is 9.35. The summed E-state index contributed by atoms with van der Waals surface area (Å²) in [5.74, 6) is 0.0479. The van der Waals surface area contributed by atoms with E-state index in [9.17, 15) is 9.59 Å². The molecule has 0 unspecified atom stereocenters. The molecule has 0 bridgehead atoms. The zero-order chi connectivity index (χ0) is 19.9. The second kappa shape index (κ2) is 9.61. The first kappa shape index (κ1) is 20.2. The predicted molar refractivity (Wildman–Crippen MR) is 107 cm³/mol. The minimum atomic E-state index is -0.421. The number of carbonyl (C=O) groups is 2. The third kappa shape index (κ3) is 5.05. The summed E-state index contributed by atoms with van der Waals surface area (Å²) in [6.07, 6.45) is 0.837. The first-order valence-corrected chi connectivity index (χ1v) is 10.2. The van der Waals surface area contributed by atoms with E-state index in [1.54, 1.807) is 4.90 Å². The molecule has 8 nitrogen and oxygen atoms in total. The van der Waals surface area contributed by atoms with Gasteiger partial charge in [0.15, 0.2) is 0 Å². The van der Waals surface area contributed by atoms with Crippen LogP contribution in [0.4, 0.5) is 10.8 Å². The Morgan fingerprint density at radius 3 is 2.75 bits per heavy atom. The molecule has 1 aromatic heterocycles. The van der Waals surface area contributed by atoms with Gasteiger partial charge in [-0.1, -0.05) is 11.3 Å². The Balaban J connectivity index is 1.56. The van der Waals surface area contributed by atoms with E-state index < -0.39 is 5.92 Å². The van der Waals surface area contributed by atoms with Crippen LogP contribution in [0.1, 0.15) is 25.3 Å². The molecule has 0 radical (unpaired) electrons. The summed E-state index contributed by atoms with van der Waals surface area (Å²) in [6.45, 7) is 6.01. The van der Waals surface area contributed by atoms with Crippen LogP contribution in [-0.2, 0) is 20.7 Å². The molecule has 2 amide bonds. The maximum atomic E-state index is 12.6. The van der Waals surface area contributed by atoms with Gasteiger partial charge in [-0.15, -0.1) is 10.2 Å². The number of aromatic nitrogens is 2. The van der Waals surface area contributed by atoms with Gasteiger partial charge in [0.1, 0.15) is 10.8 Å². The van der Waals surface area contributed by atoms with Crippen LogP contribution in [0.15, 0.2) is 24.3 Å². The van der Waals surface area contributed by atoms with Crippen molar-refractivity contribution >= 4 is 34.0 Å². The lowest BCUT2D eigenvalue weighted by molar-refractivity contribution is -0.122. The Morgan fingerprint density at radius 1 is 1.25 bits per heavy atom. The number of hydrogen-bond acceptors (Lipinski definition) is 7. The van der Waals surface area contributed by atoms with Crippen molar-refractivity contribution in [2.45, 2.75) is 26.7 Å². The van der Waals surface area contributed by atoms with Crippen molar-refractivity contribution in [1.82, 2.24) is 10.2 Å². The number of anilines is 2. The molecule has 1 atom stereocenters. The molecular formula is C19H24N4O4S. The molecule has 1 aliphatic rings. The topological polar surface area (TPSA) is 93.7 Å². The Labute approximate surface area is 167 Å². The highest BCUT2D eigenvalue weighted by Gasteiger charge is 2.35. The van der Waals surface area contributed by atoms with Gasteiger partial charge in [-0.05, 0) is 38.1 Å². The van der Waals surface area contributed by atoms with Crippen LogP contribution in [0, 0.1) is 5.92 Å². The Kier molecular flexibility index (Phi) is 6.94. The van der Waals surface area contributed by atoms with Crippen molar-refractivity contribution in [3.05, 3.63) is 29.3 Å². The molecule has 1 aliphatic heterocycles. The van der Waals surface area contributed by atoms with E-state index in [2.05, 4.69) is 15.5 Å². The number of benzene rings is 1. The summed E-state index contributed by atoms with van der Waals surface area (Å²) in [7, 11) is 0. The Bertz CT molecular complexity index is 809. The molecule has 1 saturated heterocycles. The van der Waals surface area contributed by atoms with E-state index in [1.807, 2.05) is 38.1 Å². The summed E-state index contributed by atoms with van der Waals surface area (Å²) < 4.78 is 10.7. The quantitative estimate of drug-likeness (QED) is 0.646. The molecule has 0 saturated carbocycles. The third-order valence-corrected chi connectivity index (χ3v) is 5.22. The van der Waals surface area contributed by atoms with E-state index >= 15 is 0 Å². The van der Waals surface area contributed by atoms with Crippen molar-refractivity contribution < 1.29 is 19.1 Å². The minimum absolute atomic E-state index is 0.0704. The minimum Gasteiger partial charge on any atom is -0.494 e. The van der Waals surface area contributed by atoms with Crippen molar-refractivity contribution in [3.63, 3.8) is 0 Å². The lowest BCUT2D eigenvalue weighted by Gasteiger charge is -2.17. The average Bonchev–Trinajstić information content (AvgIpc) is 3.29. The van der Waals surface area contributed by atoms with Gasteiger partial charge in [-0.3, -0.25) is 9.59 Å². The smallest absolute Gasteiger partial charge is 0.231 e.